The summed E-state index contributed by atoms with van der Waals surface area (Å²) in [6, 6.07) is 6.76. The molecule has 0 bridgehead atoms. The van der Waals surface area contributed by atoms with Crippen molar-refractivity contribution in [2.75, 3.05) is 0 Å². The van der Waals surface area contributed by atoms with E-state index in [1.165, 1.54) is 29.5 Å². The van der Waals surface area contributed by atoms with Crippen LogP contribution in [0.5, 0.6) is 0 Å². The molecule has 1 aliphatic rings. The summed E-state index contributed by atoms with van der Waals surface area (Å²) in [5.41, 5.74) is 4.60. The molecule has 0 amide bonds. The van der Waals surface area contributed by atoms with Crippen LogP contribution in [0.25, 0.3) is 0 Å². The number of fused-ring (bicyclic) bond motifs is 1. The van der Waals surface area contributed by atoms with Crippen molar-refractivity contribution < 1.29 is 4.79 Å². The second-order valence-corrected chi connectivity index (χ2v) is 7.60. The third-order valence-electron chi connectivity index (χ3n) is 5.07. The minimum atomic E-state index is 0.0612. The normalized spacial score (nSPS) is 21.1. The molecule has 1 atom stereocenters. The number of aldehydes is 1. The fourth-order valence-corrected chi connectivity index (χ4v) is 3.46. The molecule has 1 heteroatoms. The van der Waals surface area contributed by atoms with Crippen LogP contribution in [-0.4, -0.2) is 6.29 Å². The largest absolute Gasteiger partial charge is 0.303 e. The molecule has 1 nitrogen and oxygen atoms in total. The fourth-order valence-electron chi connectivity index (χ4n) is 3.46. The third-order valence-corrected chi connectivity index (χ3v) is 5.07. The zero-order valence-electron chi connectivity index (χ0n) is 13.6. The number of benzene rings is 1. The van der Waals surface area contributed by atoms with Gasteiger partial charge in [0.2, 0.25) is 0 Å². The van der Waals surface area contributed by atoms with E-state index in [0.29, 0.717) is 0 Å². The summed E-state index contributed by atoms with van der Waals surface area (Å²) in [5.74, 6) is 0.0612. The highest BCUT2D eigenvalue weighted by Gasteiger charge is 2.37. The predicted octanol–water partition coefficient (Wildman–Crippen LogP) is 5.12. The molecule has 1 aliphatic carbocycles. The summed E-state index contributed by atoms with van der Waals surface area (Å²) in [6.07, 6.45) is 5.57. The summed E-state index contributed by atoms with van der Waals surface area (Å²) < 4.78 is 0. The first-order chi connectivity index (χ1) is 9.31. The molecule has 110 valence electrons. The van der Waals surface area contributed by atoms with Crippen molar-refractivity contribution >= 4 is 6.29 Å². The molecule has 0 spiro atoms. The second kappa shape index (κ2) is 5.35. The maximum Gasteiger partial charge on any atom is 0.127 e. The van der Waals surface area contributed by atoms with Gasteiger partial charge in [-0.15, -0.1) is 0 Å². The first-order valence-corrected chi connectivity index (χ1v) is 7.92. The van der Waals surface area contributed by atoms with Gasteiger partial charge >= 0.3 is 0 Å². The molecule has 0 saturated carbocycles. The van der Waals surface area contributed by atoms with Crippen LogP contribution in [0, 0.1) is 0 Å². The van der Waals surface area contributed by atoms with E-state index in [4.69, 9.17) is 0 Å². The maximum atomic E-state index is 11.4. The lowest BCUT2D eigenvalue weighted by Crippen LogP contribution is -2.34. The van der Waals surface area contributed by atoms with Crippen LogP contribution < -0.4 is 0 Å². The van der Waals surface area contributed by atoms with E-state index in [0.717, 1.165) is 19.1 Å². The highest BCUT2D eigenvalue weighted by Crippen LogP contribution is 2.46. The Morgan fingerprint density at radius 3 is 2.25 bits per heavy atom. The van der Waals surface area contributed by atoms with Crippen LogP contribution in [0.2, 0.25) is 0 Å². The average molecular weight is 272 g/mol. The molecule has 1 aromatic rings. The lowest BCUT2D eigenvalue weighted by atomic mass is 9.62. The van der Waals surface area contributed by atoms with Gasteiger partial charge in [0.25, 0.3) is 0 Å². The lowest BCUT2D eigenvalue weighted by Gasteiger charge is -2.42. The van der Waals surface area contributed by atoms with Gasteiger partial charge in [-0.1, -0.05) is 59.2 Å². The molecule has 0 aliphatic heterocycles. The van der Waals surface area contributed by atoms with Gasteiger partial charge in [0.15, 0.2) is 0 Å². The van der Waals surface area contributed by atoms with E-state index in [-0.39, 0.29) is 16.7 Å². The molecule has 20 heavy (non-hydrogen) atoms. The van der Waals surface area contributed by atoms with E-state index >= 15 is 0 Å². The van der Waals surface area contributed by atoms with Crippen LogP contribution in [0.3, 0.4) is 0 Å². The Morgan fingerprint density at radius 1 is 1.10 bits per heavy atom. The maximum absolute atomic E-state index is 11.4. The molecule has 0 saturated heterocycles. The van der Waals surface area contributed by atoms with E-state index in [9.17, 15) is 4.79 Å². The fraction of sp³-hybridized carbons (Fsp3) is 0.632. The van der Waals surface area contributed by atoms with Crippen molar-refractivity contribution in [3.05, 3.63) is 34.9 Å². The van der Waals surface area contributed by atoms with Gasteiger partial charge in [-0.3, -0.25) is 0 Å². The minimum Gasteiger partial charge on any atom is -0.303 e. The Hall–Kier alpha value is -1.11. The highest BCUT2D eigenvalue weighted by molar-refractivity contribution is 5.63. The van der Waals surface area contributed by atoms with Crippen LogP contribution in [0.1, 0.15) is 82.9 Å². The molecule has 0 fully saturated rings. The van der Waals surface area contributed by atoms with Crippen LogP contribution in [-0.2, 0) is 15.6 Å². The van der Waals surface area contributed by atoms with Gasteiger partial charge in [-0.05, 0) is 46.8 Å². The topological polar surface area (TPSA) is 17.1 Å². The SMILES string of the molecule is CCCC(C=O)c1ccc2c(c1)C(C)(C)CCC2(C)C. The van der Waals surface area contributed by atoms with E-state index in [2.05, 4.69) is 52.8 Å². The summed E-state index contributed by atoms with van der Waals surface area (Å²) in [5, 5.41) is 0. The number of carbonyl (C=O) groups excluding carboxylic acids is 1. The van der Waals surface area contributed by atoms with Crippen LogP contribution in [0.15, 0.2) is 18.2 Å². The monoisotopic (exact) mass is 272 g/mol. The third kappa shape index (κ3) is 2.68. The Morgan fingerprint density at radius 2 is 1.70 bits per heavy atom. The van der Waals surface area contributed by atoms with Crippen molar-refractivity contribution in [1.82, 2.24) is 0 Å². The van der Waals surface area contributed by atoms with Gasteiger partial charge in [0.1, 0.15) is 6.29 Å². The Kier molecular flexibility index (Phi) is 4.09. The van der Waals surface area contributed by atoms with Gasteiger partial charge in [0, 0.05) is 5.92 Å². The molecule has 0 heterocycles. The Bertz CT molecular complexity index is 496. The molecular weight excluding hydrogens is 244 g/mol. The highest BCUT2D eigenvalue weighted by atomic mass is 16.1. The zero-order chi connectivity index (χ0) is 15.0. The lowest BCUT2D eigenvalue weighted by molar-refractivity contribution is -0.109. The molecule has 1 aromatic carbocycles. The van der Waals surface area contributed by atoms with Crippen molar-refractivity contribution in [1.29, 1.82) is 0 Å². The van der Waals surface area contributed by atoms with E-state index < -0.39 is 0 Å². The van der Waals surface area contributed by atoms with Gasteiger partial charge in [-0.2, -0.15) is 0 Å². The first-order valence-electron chi connectivity index (χ1n) is 7.92. The molecule has 0 aromatic heterocycles. The van der Waals surface area contributed by atoms with Gasteiger partial charge in [-0.25, -0.2) is 0 Å². The molecule has 1 unspecified atom stereocenters. The van der Waals surface area contributed by atoms with Crippen molar-refractivity contribution in [2.24, 2.45) is 0 Å². The quantitative estimate of drug-likeness (QED) is 0.695. The molecule has 0 radical (unpaired) electrons. The summed E-state index contributed by atoms with van der Waals surface area (Å²) >= 11 is 0. The predicted molar refractivity (Wildman–Crippen MR) is 85.4 cm³/mol. The van der Waals surface area contributed by atoms with E-state index in [1.54, 1.807) is 0 Å². The molecule has 2 rings (SSSR count). The molecular formula is C19H28O. The van der Waals surface area contributed by atoms with Crippen molar-refractivity contribution in [2.45, 2.75) is 77.0 Å². The van der Waals surface area contributed by atoms with Gasteiger partial charge in [0.05, 0.1) is 0 Å². The summed E-state index contributed by atoms with van der Waals surface area (Å²) in [6.45, 7) is 11.5. The number of carbonyl (C=O) groups is 1. The Labute approximate surface area is 123 Å². The second-order valence-electron chi connectivity index (χ2n) is 7.60. The summed E-state index contributed by atoms with van der Waals surface area (Å²) in [4.78, 5) is 11.4. The number of hydrogen-bond acceptors (Lipinski definition) is 1. The van der Waals surface area contributed by atoms with Crippen molar-refractivity contribution in [3.63, 3.8) is 0 Å². The standard InChI is InChI=1S/C19H28O/c1-6-7-15(13-20)14-8-9-16-17(12-14)19(4,5)11-10-18(16,2)3/h8-9,12-13,15H,6-7,10-11H2,1-5H3. The number of hydrogen-bond donors (Lipinski definition) is 0. The Balaban J connectivity index is 2.50. The van der Waals surface area contributed by atoms with Crippen LogP contribution >= 0.6 is 0 Å². The summed E-state index contributed by atoms with van der Waals surface area (Å²) in [7, 11) is 0. The zero-order valence-corrected chi connectivity index (χ0v) is 13.6. The number of rotatable bonds is 4. The average Bonchev–Trinajstić information content (AvgIpc) is 2.41. The van der Waals surface area contributed by atoms with Crippen LogP contribution in [0.4, 0.5) is 0 Å². The van der Waals surface area contributed by atoms with E-state index in [1.807, 2.05) is 0 Å². The minimum absolute atomic E-state index is 0.0612. The van der Waals surface area contributed by atoms with Gasteiger partial charge < -0.3 is 4.79 Å². The first kappa shape index (κ1) is 15.3. The van der Waals surface area contributed by atoms with Crippen molar-refractivity contribution in [3.8, 4) is 0 Å². The molecule has 0 N–H and O–H groups in total. The smallest absolute Gasteiger partial charge is 0.127 e.